The number of carbonyl (C=O) groups is 2. The Kier molecular flexibility index (Phi) is 13.0. The molecule has 0 rings (SSSR count). The lowest BCUT2D eigenvalue weighted by atomic mass is 10.4. The van der Waals surface area contributed by atoms with Crippen molar-refractivity contribution >= 4 is 35.5 Å². The number of hydrogen-bond acceptors (Lipinski definition) is 8. The van der Waals surface area contributed by atoms with Gasteiger partial charge in [-0.05, 0) is 12.8 Å². The lowest BCUT2D eigenvalue weighted by molar-refractivity contribution is -0.149. The van der Waals surface area contributed by atoms with Crippen molar-refractivity contribution in [3.63, 3.8) is 0 Å². The maximum Gasteiger partial charge on any atom is 0.345 e. The minimum atomic E-state index is -1.31. The van der Waals surface area contributed by atoms with Crippen LogP contribution in [0.4, 0.5) is 0 Å². The van der Waals surface area contributed by atoms with E-state index in [9.17, 15) is 19.8 Å². The molecule has 0 saturated heterocycles. The molecule has 0 radical (unpaired) electrons. The van der Waals surface area contributed by atoms with Gasteiger partial charge in [0.25, 0.3) is 0 Å². The zero-order valence-electron chi connectivity index (χ0n) is 12.4. The van der Waals surface area contributed by atoms with Crippen LogP contribution < -0.4 is 0 Å². The summed E-state index contributed by atoms with van der Waals surface area (Å²) in [5, 5.41) is 19.2. The van der Waals surface area contributed by atoms with Crippen molar-refractivity contribution in [3.8, 4) is 0 Å². The highest BCUT2D eigenvalue weighted by Crippen LogP contribution is 2.21. The molecule has 6 nitrogen and oxygen atoms in total. The fraction of sp³-hybridized carbons (Fsp3) is 0.846. The number of rotatable bonds is 12. The average Bonchev–Trinajstić information content (AvgIpc) is 2.47. The molecule has 0 bridgehead atoms. The van der Waals surface area contributed by atoms with E-state index in [1.54, 1.807) is 0 Å². The molecule has 0 aliphatic rings. The Morgan fingerprint density at radius 2 is 1.29 bits per heavy atom. The first-order valence-electron chi connectivity index (χ1n) is 6.95. The molecule has 2 N–H and O–H groups in total. The number of carbonyl (C=O) groups excluding carboxylic acids is 2. The molecule has 0 aliphatic heterocycles. The minimum Gasteiger partial charge on any atom is -0.463 e. The monoisotopic (exact) mass is 340 g/mol. The Hall–Kier alpha value is -0.440. The molecule has 124 valence electrons. The van der Waals surface area contributed by atoms with E-state index >= 15 is 0 Å². The van der Waals surface area contributed by atoms with Gasteiger partial charge in [0.05, 0.1) is 13.2 Å². The molecule has 2 atom stereocenters. The van der Waals surface area contributed by atoms with Gasteiger partial charge in [0.15, 0.2) is 10.9 Å². The van der Waals surface area contributed by atoms with Crippen LogP contribution in [0.2, 0.25) is 0 Å². The van der Waals surface area contributed by atoms with Crippen molar-refractivity contribution in [2.75, 3.05) is 18.3 Å². The van der Waals surface area contributed by atoms with E-state index < -0.39 is 22.8 Å². The number of aliphatic hydroxyl groups excluding tert-OH is 2. The second-order valence-electron chi connectivity index (χ2n) is 4.20. The minimum absolute atomic E-state index is 0.175. The van der Waals surface area contributed by atoms with Gasteiger partial charge in [0.1, 0.15) is 0 Å². The summed E-state index contributed by atoms with van der Waals surface area (Å²) in [4.78, 5) is 22.7. The molecule has 0 aromatic rings. The van der Waals surface area contributed by atoms with Crippen LogP contribution in [0.25, 0.3) is 0 Å². The molecular formula is C13H24O6S2. The Morgan fingerprint density at radius 3 is 1.62 bits per heavy atom. The lowest BCUT2D eigenvalue weighted by Gasteiger charge is -2.12. The number of aliphatic hydroxyl groups is 2. The molecule has 21 heavy (non-hydrogen) atoms. The van der Waals surface area contributed by atoms with Gasteiger partial charge in [-0.3, -0.25) is 0 Å². The molecular weight excluding hydrogens is 316 g/mol. The topological polar surface area (TPSA) is 93.1 Å². The third-order valence-corrected chi connectivity index (χ3v) is 4.44. The first kappa shape index (κ1) is 20.6. The summed E-state index contributed by atoms with van der Waals surface area (Å²) >= 11 is 1.79. The highest BCUT2D eigenvalue weighted by molar-refractivity contribution is 8.16. The Balaban J connectivity index is 3.75. The van der Waals surface area contributed by atoms with Crippen molar-refractivity contribution in [1.82, 2.24) is 0 Å². The predicted octanol–water partition coefficient (Wildman–Crippen LogP) is 1.73. The maximum atomic E-state index is 11.3. The number of esters is 2. The summed E-state index contributed by atoms with van der Waals surface area (Å²) in [5.41, 5.74) is -2.62. The largest absolute Gasteiger partial charge is 0.463 e. The van der Waals surface area contributed by atoms with Gasteiger partial charge in [-0.15, -0.1) is 23.5 Å². The molecule has 0 heterocycles. The third kappa shape index (κ3) is 10.9. The number of unbranched alkanes of at least 4 members (excludes halogenated alkanes) is 2. The van der Waals surface area contributed by atoms with Gasteiger partial charge in [0.2, 0.25) is 0 Å². The van der Waals surface area contributed by atoms with Crippen LogP contribution in [0.15, 0.2) is 0 Å². The van der Waals surface area contributed by atoms with Crippen LogP contribution in [0, 0.1) is 0 Å². The second-order valence-corrected chi connectivity index (χ2v) is 6.70. The standard InChI is InChI=1S/C13H24O6S2/c1-3-5-7-18-10(14)12(16)20-9-21-13(17)11(15)19-8-6-4-2/h12-13,16-17H,3-9H2,1-2H3. The first-order valence-corrected chi connectivity index (χ1v) is 9.05. The number of ether oxygens (including phenoxy) is 2. The van der Waals surface area contributed by atoms with Crippen LogP contribution in [0.5, 0.6) is 0 Å². The molecule has 2 unspecified atom stereocenters. The van der Waals surface area contributed by atoms with Gasteiger partial charge in [-0.2, -0.15) is 0 Å². The molecule has 0 amide bonds. The fourth-order valence-corrected chi connectivity index (χ4v) is 2.83. The quantitative estimate of drug-likeness (QED) is 0.315. The van der Waals surface area contributed by atoms with Crippen molar-refractivity contribution in [1.29, 1.82) is 0 Å². The maximum absolute atomic E-state index is 11.3. The molecule has 0 fully saturated rings. The third-order valence-electron chi connectivity index (χ3n) is 2.34. The van der Waals surface area contributed by atoms with E-state index in [0.29, 0.717) is 0 Å². The van der Waals surface area contributed by atoms with Crippen LogP contribution >= 0.6 is 23.5 Å². The molecule has 0 aromatic heterocycles. The van der Waals surface area contributed by atoms with E-state index in [1.807, 2.05) is 13.8 Å². The van der Waals surface area contributed by atoms with Crippen molar-refractivity contribution in [2.24, 2.45) is 0 Å². The summed E-state index contributed by atoms with van der Waals surface area (Å²) in [6, 6.07) is 0. The van der Waals surface area contributed by atoms with E-state index in [-0.39, 0.29) is 18.3 Å². The van der Waals surface area contributed by atoms with Gasteiger partial charge in [0, 0.05) is 5.08 Å². The zero-order valence-corrected chi connectivity index (χ0v) is 14.1. The molecule has 8 heteroatoms. The summed E-state index contributed by atoms with van der Waals surface area (Å²) in [7, 11) is 0. The van der Waals surface area contributed by atoms with E-state index in [0.717, 1.165) is 49.2 Å². The average molecular weight is 340 g/mol. The van der Waals surface area contributed by atoms with Gasteiger partial charge < -0.3 is 19.7 Å². The summed E-state index contributed by atoms with van der Waals surface area (Å²) in [6.45, 7) is 4.51. The van der Waals surface area contributed by atoms with Crippen LogP contribution in [-0.2, 0) is 19.1 Å². The number of hydrogen-bond donors (Lipinski definition) is 2. The van der Waals surface area contributed by atoms with Crippen LogP contribution in [-0.4, -0.2) is 51.3 Å². The van der Waals surface area contributed by atoms with Gasteiger partial charge in [-0.25, -0.2) is 9.59 Å². The SMILES string of the molecule is CCCCOC(=O)C(O)SCSC(O)C(=O)OCCCC. The second kappa shape index (κ2) is 13.2. The Labute approximate surface area is 134 Å². The van der Waals surface area contributed by atoms with Crippen molar-refractivity contribution in [3.05, 3.63) is 0 Å². The zero-order chi connectivity index (χ0) is 16.1. The molecule has 0 saturated carbocycles. The molecule has 0 aromatic carbocycles. The lowest BCUT2D eigenvalue weighted by Crippen LogP contribution is -2.22. The van der Waals surface area contributed by atoms with E-state index in [4.69, 9.17) is 9.47 Å². The highest BCUT2D eigenvalue weighted by atomic mass is 32.2. The normalized spacial score (nSPS) is 13.5. The smallest absolute Gasteiger partial charge is 0.345 e. The van der Waals surface area contributed by atoms with E-state index in [1.165, 1.54) is 0 Å². The van der Waals surface area contributed by atoms with Gasteiger partial charge in [-0.1, -0.05) is 26.7 Å². The summed E-state index contributed by atoms with van der Waals surface area (Å²) < 4.78 is 9.68. The van der Waals surface area contributed by atoms with Crippen molar-refractivity contribution in [2.45, 2.75) is 50.4 Å². The Morgan fingerprint density at radius 1 is 0.905 bits per heavy atom. The summed E-state index contributed by atoms with van der Waals surface area (Å²) in [5.74, 6) is -1.40. The molecule has 0 spiro atoms. The first-order chi connectivity index (χ1) is 10.0. The highest BCUT2D eigenvalue weighted by Gasteiger charge is 2.20. The summed E-state index contributed by atoms with van der Waals surface area (Å²) in [6.07, 6.45) is 3.30. The molecule has 0 aliphatic carbocycles. The van der Waals surface area contributed by atoms with Crippen LogP contribution in [0.3, 0.4) is 0 Å². The number of thioether (sulfide) groups is 2. The predicted molar refractivity (Wildman–Crippen MR) is 83.8 cm³/mol. The van der Waals surface area contributed by atoms with Crippen LogP contribution in [0.1, 0.15) is 39.5 Å². The van der Waals surface area contributed by atoms with Crippen molar-refractivity contribution < 1.29 is 29.3 Å². The van der Waals surface area contributed by atoms with Gasteiger partial charge >= 0.3 is 11.9 Å². The Bertz CT molecular complexity index is 272. The fourth-order valence-electron chi connectivity index (χ4n) is 1.08. The van der Waals surface area contributed by atoms with E-state index in [2.05, 4.69) is 0 Å².